The highest BCUT2D eigenvalue weighted by Crippen LogP contribution is 2.17. The third-order valence-electron chi connectivity index (χ3n) is 2.60. The molecular formula is C15H19FN2O5. The second-order valence-electron chi connectivity index (χ2n) is 5.85. The molecule has 8 heteroatoms. The summed E-state index contributed by atoms with van der Waals surface area (Å²) in [7, 11) is 0. The maximum atomic E-state index is 13.1. The fourth-order valence-corrected chi connectivity index (χ4v) is 1.59. The summed E-state index contributed by atoms with van der Waals surface area (Å²) < 4.78 is 18.1. The quantitative estimate of drug-likeness (QED) is 0.788. The van der Waals surface area contributed by atoms with Crippen molar-refractivity contribution in [3.63, 3.8) is 0 Å². The molecule has 23 heavy (non-hydrogen) atoms. The minimum Gasteiger partial charge on any atom is -0.478 e. The lowest BCUT2D eigenvalue weighted by Crippen LogP contribution is -2.44. The number of carbonyl (C=O) groups is 3. The van der Waals surface area contributed by atoms with Gasteiger partial charge in [0.15, 0.2) is 0 Å². The van der Waals surface area contributed by atoms with Gasteiger partial charge in [0, 0.05) is 0 Å². The van der Waals surface area contributed by atoms with Crippen LogP contribution >= 0.6 is 0 Å². The van der Waals surface area contributed by atoms with Gasteiger partial charge >= 0.3 is 12.1 Å². The summed E-state index contributed by atoms with van der Waals surface area (Å²) in [5, 5.41) is 13.7. The van der Waals surface area contributed by atoms with Crippen LogP contribution < -0.4 is 10.6 Å². The fourth-order valence-electron chi connectivity index (χ4n) is 1.59. The summed E-state index contributed by atoms with van der Waals surface area (Å²) in [4.78, 5) is 34.6. The number of halogens is 1. The summed E-state index contributed by atoms with van der Waals surface area (Å²) >= 11 is 0. The number of hydrogen-bond donors (Lipinski definition) is 3. The Labute approximate surface area is 132 Å². The molecule has 3 N–H and O–H groups in total. The van der Waals surface area contributed by atoms with Crippen LogP contribution in [0.1, 0.15) is 38.1 Å². The summed E-state index contributed by atoms with van der Waals surface area (Å²) in [6.45, 7) is 6.43. The van der Waals surface area contributed by atoms with Crippen molar-refractivity contribution in [2.24, 2.45) is 0 Å². The van der Waals surface area contributed by atoms with E-state index in [0.29, 0.717) is 0 Å². The fraction of sp³-hybridized carbons (Fsp3) is 0.400. The van der Waals surface area contributed by atoms with E-state index in [1.807, 2.05) is 0 Å². The lowest BCUT2D eigenvalue weighted by Gasteiger charge is -2.21. The number of amides is 2. The second kappa shape index (κ2) is 7.08. The van der Waals surface area contributed by atoms with Crippen LogP contribution in [-0.2, 0) is 9.53 Å². The van der Waals surface area contributed by atoms with Crippen LogP contribution in [0.25, 0.3) is 0 Å². The van der Waals surface area contributed by atoms with Gasteiger partial charge in [0.25, 0.3) is 0 Å². The van der Waals surface area contributed by atoms with Crippen molar-refractivity contribution in [3.05, 3.63) is 29.6 Å². The molecule has 126 valence electrons. The first-order chi connectivity index (χ1) is 10.5. The van der Waals surface area contributed by atoms with E-state index in [0.717, 1.165) is 18.2 Å². The zero-order valence-corrected chi connectivity index (χ0v) is 13.3. The number of nitrogens with one attached hydrogen (secondary N) is 2. The highest BCUT2D eigenvalue weighted by Gasteiger charge is 2.22. The number of anilines is 1. The van der Waals surface area contributed by atoms with Crippen molar-refractivity contribution in [1.29, 1.82) is 0 Å². The second-order valence-corrected chi connectivity index (χ2v) is 5.85. The number of rotatable bonds is 4. The van der Waals surface area contributed by atoms with Crippen molar-refractivity contribution in [2.45, 2.75) is 39.3 Å². The topological polar surface area (TPSA) is 105 Å². The molecule has 0 saturated heterocycles. The Bertz CT molecular complexity index is 625. The number of carboxylic acids is 1. The summed E-state index contributed by atoms with van der Waals surface area (Å²) in [6.07, 6.45) is -0.780. The molecule has 0 saturated carbocycles. The maximum Gasteiger partial charge on any atom is 0.408 e. The first-order valence-electron chi connectivity index (χ1n) is 6.83. The Hall–Kier alpha value is -2.64. The molecule has 0 fully saturated rings. The average molecular weight is 326 g/mol. The van der Waals surface area contributed by atoms with E-state index in [1.165, 1.54) is 6.92 Å². The number of carboxylic acid groups (broad SMARTS) is 1. The van der Waals surface area contributed by atoms with Gasteiger partial charge in [0.05, 0.1) is 11.3 Å². The van der Waals surface area contributed by atoms with Gasteiger partial charge in [0.1, 0.15) is 17.5 Å². The third kappa shape index (κ3) is 5.93. The van der Waals surface area contributed by atoms with Crippen molar-refractivity contribution in [3.8, 4) is 0 Å². The highest BCUT2D eigenvalue weighted by molar-refractivity contribution is 6.02. The van der Waals surface area contributed by atoms with Gasteiger partial charge in [-0.1, -0.05) is 0 Å². The van der Waals surface area contributed by atoms with E-state index < -0.39 is 35.4 Å². The minimum atomic E-state index is -1.38. The molecule has 1 aromatic carbocycles. The molecular weight excluding hydrogens is 307 g/mol. The van der Waals surface area contributed by atoms with Crippen LogP contribution in [0.4, 0.5) is 14.9 Å². The molecule has 0 aliphatic carbocycles. The largest absolute Gasteiger partial charge is 0.478 e. The zero-order chi connectivity index (χ0) is 17.8. The van der Waals surface area contributed by atoms with Crippen molar-refractivity contribution in [1.82, 2.24) is 5.32 Å². The first kappa shape index (κ1) is 18.4. The van der Waals surface area contributed by atoms with Crippen LogP contribution in [0.15, 0.2) is 18.2 Å². The molecule has 0 heterocycles. The van der Waals surface area contributed by atoms with Crippen molar-refractivity contribution in [2.75, 3.05) is 5.32 Å². The van der Waals surface area contributed by atoms with E-state index in [2.05, 4.69) is 10.6 Å². The predicted molar refractivity (Wildman–Crippen MR) is 80.8 cm³/mol. The smallest absolute Gasteiger partial charge is 0.408 e. The van der Waals surface area contributed by atoms with E-state index in [9.17, 15) is 18.8 Å². The average Bonchev–Trinajstić information content (AvgIpc) is 2.38. The molecule has 0 spiro atoms. The Balaban J connectivity index is 2.76. The van der Waals surface area contributed by atoms with E-state index in [4.69, 9.17) is 9.84 Å². The normalized spacial score (nSPS) is 12.2. The van der Waals surface area contributed by atoms with Crippen LogP contribution in [0.5, 0.6) is 0 Å². The molecule has 0 aliphatic heterocycles. The molecule has 0 unspecified atom stereocenters. The minimum absolute atomic E-state index is 0.0678. The van der Waals surface area contributed by atoms with Gasteiger partial charge in [-0.2, -0.15) is 0 Å². The lowest BCUT2D eigenvalue weighted by atomic mass is 10.1. The maximum absolute atomic E-state index is 13.1. The van der Waals surface area contributed by atoms with E-state index in [-0.39, 0.29) is 11.3 Å². The van der Waals surface area contributed by atoms with Crippen LogP contribution in [-0.4, -0.2) is 34.7 Å². The van der Waals surface area contributed by atoms with Crippen molar-refractivity contribution < 1.29 is 28.6 Å². The Morgan fingerprint density at radius 2 is 1.87 bits per heavy atom. The van der Waals surface area contributed by atoms with E-state index >= 15 is 0 Å². The van der Waals surface area contributed by atoms with Gasteiger partial charge in [0.2, 0.25) is 5.91 Å². The summed E-state index contributed by atoms with van der Waals surface area (Å²) in [5.41, 5.74) is -1.17. The number of benzene rings is 1. The molecule has 0 aromatic heterocycles. The molecule has 1 aromatic rings. The van der Waals surface area contributed by atoms with Gasteiger partial charge in [-0.15, -0.1) is 0 Å². The van der Waals surface area contributed by atoms with Gasteiger partial charge in [-0.25, -0.2) is 14.0 Å². The van der Waals surface area contributed by atoms with Crippen LogP contribution in [0, 0.1) is 5.82 Å². The third-order valence-corrected chi connectivity index (χ3v) is 2.60. The number of ether oxygens (including phenoxy) is 1. The molecule has 2 amide bonds. The lowest BCUT2D eigenvalue weighted by molar-refractivity contribution is -0.117. The number of hydrogen-bond acceptors (Lipinski definition) is 4. The Kier molecular flexibility index (Phi) is 5.67. The highest BCUT2D eigenvalue weighted by atomic mass is 19.1. The predicted octanol–water partition coefficient (Wildman–Crippen LogP) is 2.38. The Morgan fingerprint density at radius 3 is 2.39 bits per heavy atom. The van der Waals surface area contributed by atoms with Crippen LogP contribution in [0.2, 0.25) is 0 Å². The van der Waals surface area contributed by atoms with Gasteiger partial charge < -0.3 is 20.5 Å². The zero-order valence-electron chi connectivity index (χ0n) is 13.3. The number of aromatic carboxylic acids is 1. The first-order valence-corrected chi connectivity index (χ1v) is 6.83. The van der Waals surface area contributed by atoms with Gasteiger partial charge in [-0.05, 0) is 45.9 Å². The molecule has 1 rings (SSSR count). The summed E-state index contributed by atoms with van der Waals surface area (Å²) in [5.74, 6) is -2.78. The SMILES string of the molecule is C[C@H](NC(=O)OC(C)(C)C)C(=O)Nc1ccc(F)cc1C(=O)O. The molecule has 0 aliphatic rings. The molecule has 7 nitrogen and oxygen atoms in total. The van der Waals surface area contributed by atoms with Crippen molar-refractivity contribution >= 4 is 23.7 Å². The van der Waals surface area contributed by atoms with Crippen LogP contribution in [0.3, 0.4) is 0 Å². The number of carbonyl (C=O) groups excluding carboxylic acids is 2. The monoisotopic (exact) mass is 326 g/mol. The Morgan fingerprint density at radius 1 is 1.26 bits per heavy atom. The molecule has 0 bridgehead atoms. The molecule has 1 atom stereocenters. The molecule has 0 radical (unpaired) electrons. The summed E-state index contributed by atoms with van der Waals surface area (Å²) in [6, 6.07) is 1.98. The number of alkyl carbamates (subject to hydrolysis) is 1. The van der Waals surface area contributed by atoms with E-state index in [1.54, 1.807) is 20.8 Å². The van der Waals surface area contributed by atoms with Gasteiger partial charge in [-0.3, -0.25) is 4.79 Å². The standard InChI is InChI=1S/C15H19FN2O5/c1-8(17-14(22)23-15(2,3)4)12(19)18-11-6-5-9(16)7-10(11)13(20)21/h5-8H,1-4H3,(H,17,22)(H,18,19)(H,20,21)/t8-/m0/s1.